The Labute approximate surface area is 150 Å². The van der Waals surface area contributed by atoms with Crippen LogP contribution in [0.4, 0.5) is 0 Å². The van der Waals surface area contributed by atoms with Crippen LogP contribution in [0.15, 0.2) is 36.4 Å². The van der Waals surface area contributed by atoms with Crippen LogP contribution in [0.3, 0.4) is 0 Å². The molecule has 1 aromatic carbocycles. The number of carbonyl (C=O) groups is 1. The van der Waals surface area contributed by atoms with Crippen LogP contribution in [0.1, 0.15) is 80.9 Å². The molecule has 0 radical (unpaired) electrons. The van der Waals surface area contributed by atoms with E-state index in [1.54, 1.807) is 10.7 Å². The first kappa shape index (κ1) is 19.2. The molecule has 1 heterocycles. The quantitative estimate of drug-likeness (QED) is 0.508. The smallest absolute Gasteiger partial charge is 0.356 e. The van der Waals surface area contributed by atoms with Gasteiger partial charge in [-0.25, -0.2) is 9.48 Å². The predicted octanol–water partition coefficient (Wildman–Crippen LogP) is 5.64. The largest absolute Gasteiger partial charge is 0.476 e. The first-order valence-electron chi connectivity index (χ1n) is 9.60. The number of aromatic carboxylic acids is 1. The van der Waals surface area contributed by atoms with E-state index in [1.165, 1.54) is 51.4 Å². The number of aromatic nitrogens is 2. The van der Waals surface area contributed by atoms with Crippen LogP contribution < -0.4 is 0 Å². The zero-order chi connectivity index (χ0) is 17.9. The van der Waals surface area contributed by atoms with E-state index in [2.05, 4.69) is 12.0 Å². The molecule has 0 saturated heterocycles. The van der Waals surface area contributed by atoms with Gasteiger partial charge in [-0.3, -0.25) is 0 Å². The van der Waals surface area contributed by atoms with Crippen LogP contribution in [0.25, 0.3) is 5.69 Å². The highest BCUT2D eigenvalue weighted by Crippen LogP contribution is 2.16. The van der Waals surface area contributed by atoms with Crippen molar-refractivity contribution in [2.75, 3.05) is 0 Å². The Morgan fingerprint density at radius 1 is 0.960 bits per heavy atom. The third kappa shape index (κ3) is 6.37. The Balaban J connectivity index is 1.82. The van der Waals surface area contributed by atoms with Gasteiger partial charge in [0.2, 0.25) is 0 Å². The molecule has 2 rings (SSSR count). The fourth-order valence-corrected chi connectivity index (χ4v) is 3.11. The predicted molar refractivity (Wildman–Crippen MR) is 101 cm³/mol. The topological polar surface area (TPSA) is 55.1 Å². The lowest BCUT2D eigenvalue weighted by atomic mass is 10.1. The summed E-state index contributed by atoms with van der Waals surface area (Å²) in [7, 11) is 0. The third-order valence-corrected chi connectivity index (χ3v) is 4.54. The van der Waals surface area contributed by atoms with Crippen LogP contribution in [0.2, 0.25) is 0 Å². The third-order valence-electron chi connectivity index (χ3n) is 4.54. The molecular formula is C21H30N2O2. The lowest BCUT2D eigenvalue weighted by molar-refractivity contribution is 0.0690. The SMILES string of the molecule is CCCCCCCCCCCc1cc(C(=O)O)nn1-c1ccccc1. The van der Waals surface area contributed by atoms with Gasteiger partial charge in [0.25, 0.3) is 0 Å². The van der Waals surface area contributed by atoms with Crippen LogP contribution in [-0.4, -0.2) is 20.9 Å². The molecule has 0 aliphatic heterocycles. The Kier molecular flexibility index (Phi) is 8.23. The second-order valence-electron chi connectivity index (χ2n) is 6.65. The normalized spacial score (nSPS) is 10.9. The van der Waals surface area contributed by atoms with Crippen molar-refractivity contribution in [3.05, 3.63) is 47.8 Å². The summed E-state index contributed by atoms with van der Waals surface area (Å²) >= 11 is 0. The average molecular weight is 342 g/mol. The Morgan fingerprint density at radius 2 is 1.56 bits per heavy atom. The number of nitrogens with zero attached hydrogens (tertiary/aromatic N) is 2. The van der Waals surface area contributed by atoms with Crippen LogP contribution in [0.5, 0.6) is 0 Å². The monoisotopic (exact) mass is 342 g/mol. The molecular weight excluding hydrogens is 312 g/mol. The number of benzene rings is 1. The minimum Gasteiger partial charge on any atom is -0.476 e. The summed E-state index contributed by atoms with van der Waals surface area (Å²) in [6, 6.07) is 11.5. The maximum absolute atomic E-state index is 11.2. The van der Waals surface area contributed by atoms with Gasteiger partial charge in [0.05, 0.1) is 5.69 Å². The summed E-state index contributed by atoms with van der Waals surface area (Å²) in [6.07, 6.45) is 12.4. The van der Waals surface area contributed by atoms with Crippen molar-refractivity contribution < 1.29 is 9.90 Å². The molecule has 1 aromatic heterocycles. The van der Waals surface area contributed by atoms with Gasteiger partial charge in [-0.05, 0) is 31.0 Å². The number of para-hydroxylation sites is 1. The van der Waals surface area contributed by atoms with E-state index in [0.29, 0.717) is 0 Å². The van der Waals surface area contributed by atoms with Gasteiger partial charge >= 0.3 is 5.97 Å². The van der Waals surface area contributed by atoms with Gasteiger partial charge in [-0.15, -0.1) is 0 Å². The molecule has 0 bridgehead atoms. The van der Waals surface area contributed by atoms with Crippen molar-refractivity contribution in [2.24, 2.45) is 0 Å². The number of aryl methyl sites for hydroxylation is 1. The number of hydrogen-bond donors (Lipinski definition) is 1. The standard InChI is InChI=1S/C21H30N2O2/c1-2-3-4-5-6-7-8-9-11-16-19-17-20(21(24)25)22-23(19)18-14-12-10-13-15-18/h10,12-15,17H,2-9,11,16H2,1H3,(H,24,25). The number of carboxylic acid groups (broad SMARTS) is 1. The second kappa shape index (κ2) is 10.7. The molecule has 0 aliphatic carbocycles. The van der Waals surface area contributed by atoms with Gasteiger partial charge in [0.15, 0.2) is 5.69 Å². The van der Waals surface area contributed by atoms with Gasteiger partial charge in [0.1, 0.15) is 0 Å². The van der Waals surface area contributed by atoms with E-state index in [9.17, 15) is 9.90 Å². The van der Waals surface area contributed by atoms with Gasteiger partial charge in [-0.1, -0.05) is 76.5 Å². The van der Waals surface area contributed by atoms with Crippen LogP contribution in [0, 0.1) is 0 Å². The summed E-state index contributed by atoms with van der Waals surface area (Å²) < 4.78 is 1.77. The first-order chi connectivity index (χ1) is 12.2. The number of rotatable bonds is 12. The van der Waals surface area contributed by atoms with Crippen LogP contribution in [-0.2, 0) is 6.42 Å². The summed E-state index contributed by atoms with van der Waals surface area (Å²) in [5, 5.41) is 13.5. The zero-order valence-corrected chi connectivity index (χ0v) is 15.3. The van der Waals surface area contributed by atoms with Crippen molar-refractivity contribution in [3.8, 4) is 5.69 Å². The highest BCUT2D eigenvalue weighted by atomic mass is 16.4. The van der Waals surface area contributed by atoms with Crippen LogP contribution >= 0.6 is 0 Å². The molecule has 0 unspecified atom stereocenters. The fourth-order valence-electron chi connectivity index (χ4n) is 3.11. The van der Waals surface area contributed by atoms with Gasteiger partial charge in [0, 0.05) is 5.69 Å². The van der Waals surface area contributed by atoms with E-state index in [4.69, 9.17) is 0 Å². The Morgan fingerprint density at radius 3 is 2.16 bits per heavy atom. The van der Waals surface area contributed by atoms with E-state index >= 15 is 0 Å². The minimum atomic E-state index is -0.969. The highest BCUT2D eigenvalue weighted by molar-refractivity contribution is 5.85. The number of unbranched alkanes of at least 4 members (excludes halogenated alkanes) is 8. The molecule has 0 saturated carbocycles. The lowest BCUT2D eigenvalue weighted by Gasteiger charge is -2.07. The highest BCUT2D eigenvalue weighted by Gasteiger charge is 2.14. The van der Waals surface area contributed by atoms with E-state index < -0.39 is 5.97 Å². The molecule has 0 fully saturated rings. The molecule has 2 aromatic rings. The molecule has 25 heavy (non-hydrogen) atoms. The van der Waals surface area contributed by atoms with Gasteiger partial charge < -0.3 is 5.11 Å². The molecule has 0 atom stereocenters. The van der Waals surface area contributed by atoms with Crippen molar-refractivity contribution in [2.45, 2.75) is 71.1 Å². The molecule has 0 aliphatic rings. The number of carboxylic acids is 1. The maximum atomic E-state index is 11.2. The summed E-state index contributed by atoms with van der Waals surface area (Å²) in [5.74, 6) is -0.969. The average Bonchev–Trinajstić information content (AvgIpc) is 3.05. The van der Waals surface area contributed by atoms with Crippen molar-refractivity contribution in [1.82, 2.24) is 9.78 Å². The lowest BCUT2D eigenvalue weighted by Crippen LogP contribution is -2.03. The summed E-state index contributed by atoms with van der Waals surface area (Å²) in [5.41, 5.74) is 2.02. The molecule has 0 spiro atoms. The molecule has 4 nitrogen and oxygen atoms in total. The van der Waals surface area contributed by atoms with Crippen molar-refractivity contribution in [3.63, 3.8) is 0 Å². The number of hydrogen-bond acceptors (Lipinski definition) is 2. The Bertz CT molecular complexity index is 635. The van der Waals surface area contributed by atoms with Crippen molar-refractivity contribution in [1.29, 1.82) is 0 Å². The molecule has 136 valence electrons. The molecule has 4 heteroatoms. The zero-order valence-electron chi connectivity index (χ0n) is 15.3. The van der Waals surface area contributed by atoms with E-state index in [1.807, 2.05) is 30.3 Å². The van der Waals surface area contributed by atoms with E-state index in [-0.39, 0.29) is 5.69 Å². The van der Waals surface area contributed by atoms with E-state index in [0.717, 1.165) is 24.2 Å². The first-order valence-corrected chi connectivity index (χ1v) is 9.60. The van der Waals surface area contributed by atoms with Crippen molar-refractivity contribution >= 4 is 5.97 Å². The maximum Gasteiger partial charge on any atom is 0.356 e. The fraction of sp³-hybridized carbons (Fsp3) is 0.524. The summed E-state index contributed by atoms with van der Waals surface area (Å²) in [4.78, 5) is 11.2. The Hall–Kier alpha value is -2.10. The molecule has 0 amide bonds. The minimum absolute atomic E-state index is 0.120. The second-order valence-corrected chi connectivity index (χ2v) is 6.65. The van der Waals surface area contributed by atoms with Gasteiger partial charge in [-0.2, -0.15) is 5.10 Å². The summed E-state index contributed by atoms with van der Waals surface area (Å²) in [6.45, 7) is 2.25. The molecule has 1 N–H and O–H groups in total.